The quantitative estimate of drug-likeness (QED) is 0.696. The largest absolute Gasteiger partial charge is 0.291 e. The Hall–Kier alpha value is -1.95. The molecule has 1 amide bonds. The molecule has 0 aliphatic carbocycles. The minimum atomic E-state index is -0.330. The van der Waals surface area contributed by atoms with E-state index in [1.54, 1.807) is 30.2 Å². The minimum absolute atomic E-state index is 0.330. The number of nitrogens with one attached hydrogen (secondary N) is 1. The Morgan fingerprint density at radius 3 is 2.72 bits per heavy atom. The van der Waals surface area contributed by atoms with Crippen LogP contribution in [-0.4, -0.2) is 21.9 Å². The lowest BCUT2D eigenvalue weighted by Crippen LogP contribution is -2.18. The second-order valence-electron chi connectivity index (χ2n) is 3.63. The van der Waals surface area contributed by atoms with Gasteiger partial charge >= 0.3 is 0 Å². The van der Waals surface area contributed by atoms with E-state index in [1.807, 2.05) is 24.3 Å². The summed E-state index contributed by atoms with van der Waals surface area (Å²) in [5.74, 6) is -0.330. The van der Waals surface area contributed by atoms with E-state index in [0.29, 0.717) is 5.69 Å². The SMILES string of the molecule is Cn1ccc(C(=O)N/N=C/c2ccc(Br)cc2)n1. The number of aryl methyl sites for hydroxylation is 1. The number of nitrogens with zero attached hydrogens (tertiary/aromatic N) is 3. The number of halogens is 1. The smallest absolute Gasteiger partial charge is 0.275 e. The second-order valence-corrected chi connectivity index (χ2v) is 4.54. The molecule has 6 heteroatoms. The van der Waals surface area contributed by atoms with Crippen LogP contribution in [0.1, 0.15) is 16.1 Å². The first-order valence-corrected chi connectivity index (χ1v) is 6.03. The van der Waals surface area contributed by atoms with Gasteiger partial charge in [0.2, 0.25) is 0 Å². The van der Waals surface area contributed by atoms with Crippen molar-refractivity contribution in [3.8, 4) is 0 Å². The zero-order chi connectivity index (χ0) is 13.0. The first kappa shape index (κ1) is 12.5. The van der Waals surface area contributed by atoms with Gasteiger partial charge in [-0.15, -0.1) is 0 Å². The molecule has 0 unspecified atom stereocenters. The molecule has 92 valence electrons. The summed E-state index contributed by atoms with van der Waals surface area (Å²) in [5.41, 5.74) is 3.66. The van der Waals surface area contributed by atoms with Crippen molar-refractivity contribution in [1.29, 1.82) is 0 Å². The summed E-state index contributed by atoms with van der Waals surface area (Å²) >= 11 is 3.34. The van der Waals surface area contributed by atoms with E-state index in [2.05, 4.69) is 31.6 Å². The van der Waals surface area contributed by atoms with E-state index in [1.165, 1.54) is 0 Å². The van der Waals surface area contributed by atoms with Gasteiger partial charge in [0.1, 0.15) is 0 Å². The number of benzene rings is 1. The van der Waals surface area contributed by atoms with Crippen molar-refractivity contribution in [1.82, 2.24) is 15.2 Å². The predicted octanol–water partition coefficient (Wildman–Crippen LogP) is 1.95. The number of amides is 1. The molecule has 0 aliphatic heterocycles. The monoisotopic (exact) mass is 306 g/mol. The van der Waals surface area contributed by atoms with Crippen molar-refractivity contribution in [3.63, 3.8) is 0 Å². The van der Waals surface area contributed by atoms with Crippen molar-refractivity contribution >= 4 is 28.1 Å². The summed E-state index contributed by atoms with van der Waals surface area (Å²) in [7, 11) is 1.75. The molecule has 0 aliphatic rings. The van der Waals surface area contributed by atoms with Gasteiger partial charge in [-0.25, -0.2) is 5.43 Å². The van der Waals surface area contributed by atoms with Gasteiger partial charge < -0.3 is 0 Å². The molecule has 1 aromatic carbocycles. The Morgan fingerprint density at radius 1 is 1.39 bits per heavy atom. The first-order chi connectivity index (χ1) is 8.65. The van der Waals surface area contributed by atoms with E-state index in [0.717, 1.165) is 10.0 Å². The van der Waals surface area contributed by atoms with Crippen LogP contribution < -0.4 is 5.43 Å². The maximum Gasteiger partial charge on any atom is 0.291 e. The van der Waals surface area contributed by atoms with Crippen molar-refractivity contribution in [3.05, 3.63) is 52.3 Å². The van der Waals surface area contributed by atoms with Crippen molar-refractivity contribution in [2.24, 2.45) is 12.1 Å². The van der Waals surface area contributed by atoms with Crippen LogP contribution in [0.3, 0.4) is 0 Å². The number of hydrogen-bond donors (Lipinski definition) is 1. The number of hydrogen-bond acceptors (Lipinski definition) is 3. The number of rotatable bonds is 3. The topological polar surface area (TPSA) is 59.3 Å². The molecule has 2 rings (SSSR count). The average Bonchev–Trinajstić information content (AvgIpc) is 2.78. The van der Waals surface area contributed by atoms with Crippen LogP contribution in [0.25, 0.3) is 0 Å². The van der Waals surface area contributed by atoms with Crippen LogP contribution >= 0.6 is 15.9 Å². The van der Waals surface area contributed by atoms with Gasteiger partial charge in [-0.2, -0.15) is 10.2 Å². The molecule has 2 aromatic rings. The summed E-state index contributed by atoms with van der Waals surface area (Å²) in [5, 5.41) is 7.84. The molecule has 1 N–H and O–H groups in total. The number of carbonyl (C=O) groups is 1. The number of carbonyl (C=O) groups excluding carboxylic acids is 1. The molecule has 1 aromatic heterocycles. The minimum Gasteiger partial charge on any atom is -0.275 e. The van der Waals surface area contributed by atoms with Gasteiger partial charge in [-0.1, -0.05) is 28.1 Å². The van der Waals surface area contributed by atoms with E-state index < -0.39 is 0 Å². The number of aromatic nitrogens is 2. The molecular formula is C12H11BrN4O. The Labute approximate surface area is 113 Å². The third-order valence-electron chi connectivity index (χ3n) is 2.20. The van der Waals surface area contributed by atoms with Gasteiger partial charge in [0.25, 0.3) is 5.91 Å². The fourth-order valence-corrected chi connectivity index (χ4v) is 1.57. The molecule has 0 saturated carbocycles. The summed E-state index contributed by atoms with van der Waals surface area (Å²) in [4.78, 5) is 11.6. The molecule has 0 bridgehead atoms. The maximum absolute atomic E-state index is 11.6. The van der Waals surface area contributed by atoms with E-state index in [-0.39, 0.29) is 5.91 Å². The molecule has 0 saturated heterocycles. The molecule has 5 nitrogen and oxygen atoms in total. The third-order valence-corrected chi connectivity index (χ3v) is 2.72. The zero-order valence-electron chi connectivity index (χ0n) is 9.67. The summed E-state index contributed by atoms with van der Waals surface area (Å²) in [6.07, 6.45) is 3.28. The summed E-state index contributed by atoms with van der Waals surface area (Å²) < 4.78 is 2.56. The van der Waals surface area contributed by atoms with Gasteiger partial charge in [0, 0.05) is 17.7 Å². The standard InChI is InChI=1S/C12H11BrN4O/c1-17-7-6-11(16-17)12(18)15-14-8-9-2-4-10(13)5-3-9/h2-8H,1H3,(H,15,18)/b14-8+. The third kappa shape index (κ3) is 3.27. The Balaban J connectivity index is 1.95. The lowest BCUT2D eigenvalue weighted by atomic mass is 10.2. The highest BCUT2D eigenvalue weighted by atomic mass is 79.9. The number of hydrazone groups is 1. The highest BCUT2D eigenvalue weighted by Crippen LogP contribution is 2.08. The highest BCUT2D eigenvalue weighted by molar-refractivity contribution is 9.10. The van der Waals surface area contributed by atoms with Crippen LogP contribution in [0.2, 0.25) is 0 Å². The maximum atomic E-state index is 11.6. The normalized spacial score (nSPS) is 10.8. The van der Waals surface area contributed by atoms with Crippen LogP contribution in [0, 0.1) is 0 Å². The predicted molar refractivity (Wildman–Crippen MR) is 72.4 cm³/mol. The Bertz CT molecular complexity index is 574. The lowest BCUT2D eigenvalue weighted by Gasteiger charge is -1.96. The van der Waals surface area contributed by atoms with Crippen molar-refractivity contribution < 1.29 is 4.79 Å². The lowest BCUT2D eigenvalue weighted by molar-refractivity contribution is 0.0949. The van der Waals surface area contributed by atoms with Gasteiger partial charge in [0.15, 0.2) is 5.69 Å². The highest BCUT2D eigenvalue weighted by Gasteiger charge is 2.06. The van der Waals surface area contributed by atoms with Crippen molar-refractivity contribution in [2.75, 3.05) is 0 Å². The van der Waals surface area contributed by atoms with Crippen LogP contribution in [0.4, 0.5) is 0 Å². The molecule has 1 heterocycles. The van der Waals surface area contributed by atoms with Crippen molar-refractivity contribution in [2.45, 2.75) is 0 Å². The molecule has 0 spiro atoms. The van der Waals surface area contributed by atoms with Crippen LogP contribution in [-0.2, 0) is 7.05 Å². The average molecular weight is 307 g/mol. The van der Waals surface area contributed by atoms with Crippen LogP contribution in [0.15, 0.2) is 46.1 Å². The molecule has 0 fully saturated rings. The summed E-state index contributed by atoms with van der Waals surface area (Å²) in [6, 6.07) is 9.22. The molecule has 0 radical (unpaired) electrons. The molecular weight excluding hydrogens is 296 g/mol. The summed E-state index contributed by atoms with van der Waals surface area (Å²) in [6.45, 7) is 0. The van der Waals surface area contributed by atoms with Gasteiger partial charge in [-0.3, -0.25) is 9.48 Å². The molecule has 0 atom stereocenters. The fraction of sp³-hybridized carbons (Fsp3) is 0.0833. The Morgan fingerprint density at radius 2 is 2.11 bits per heavy atom. The van der Waals surface area contributed by atoms with E-state index in [4.69, 9.17) is 0 Å². The second kappa shape index (κ2) is 5.59. The first-order valence-electron chi connectivity index (χ1n) is 5.24. The van der Waals surface area contributed by atoms with Gasteiger partial charge in [0.05, 0.1) is 6.21 Å². The van der Waals surface area contributed by atoms with Crippen LogP contribution in [0.5, 0.6) is 0 Å². The fourth-order valence-electron chi connectivity index (χ4n) is 1.31. The van der Waals surface area contributed by atoms with Gasteiger partial charge in [-0.05, 0) is 23.8 Å². The Kier molecular flexibility index (Phi) is 3.88. The zero-order valence-corrected chi connectivity index (χ0v) is 11.3. The van der Waals surface area contributed by atoms with E-state index >= 15 is 0 Å². The molecule has 18 heavy (non-hydrogen) atoms. The van der Waals surface area contributed by atoms with E-state index in [9.17, 15) is 4.79 Å².